The van der Waals surface area contributed by atoms with Gasteiger partial charge in [-0.3, -0.25) is 0 Å². The highest BCUT2D eigenvalue weighted by atomic mass is 31.0. The molecule has 0 amide bonds. The van der Waals surface area contributed by atoms with Crippen LogP contribution in [0.3, 0.4) is 0 Å². The van der Waals surface area contributed by atoms with Crippen molar-refractivity contribution in [2.45, 2.75) is 26.5 Å². The van der Waals surface area contributed by atoms with E-state index in [-0.39, 0.29) is 0 Å². The van der Waals surface area contributed by atoms with Gasteiger partial charge in [0, 0.05) is 0 Å². The quantitative estimate of drug-likeness (QED) is 0.402. The van der Waals surface area contributed by atoms with Gasteiger partial charge in [0.05, 0.1) is 0 Å². The standard InChI is InChI=1S/C6H15BP/c1-6(3-4-8)5-7-2/h6H,3-5,8H2,1-2H3/t6-/m0/s1. The highest BCUT2D eigenvalue weighted by Gasteiger charge is 1.96. The van der Waals surface area contributed by atoms with Gasteiger partial charge >= 0.3 is 0 Å². The van der Waals surface area contributed by atoms with Crippen LogP contribution >= 0.6 is 9.24 Å². The van der Waals surface area contributed by atoms with E-state index in [0.717, 1.165) is 5.92 Å². The van der Waals surface area contributed by atoms with Gasteiger partial charge in [-0.2, -0.15) is 0 Å². The molecule has 0 aliphatic carbocycles. The highest BCUT2D eigenvalue weighted by molar-refractivity contribution is 7.16. The predicted octanol–water partition coefficient (Wildman–Crippen LogP) is 2.06. The van der Waals surface area contributed by atoms with Gasteiger partial charge in [0.25, 0.3) is 0 Å². The Balaban J connectivity index is 2.92. The Bertz CT molecular complexity index is 41.8. The summed E-state index contributed by atoms with van der Waals surface area (Å²) in [6.45, 7) is 4.42. The molecule has 0 aliphatic rings. The second kappa shape index (κ2) is 5.63. The molecule has 47 valence electrons. The molecule has 1 unspecified atom stereocenters. The molecule has 0 N–H and O–H groups in total. The molecule has 0 rings (SSSR count). The summed E-state index contributed by atoms with van der Waals surface area (Å²) in [6.07, 6.45) is 3.86. The van der Waals surface area contributed by atoms with Gasteiger partial charge in [0.1, 0.15) is 7.28 Å². The smallest absolute Gasteiger partial charge is 0.106 e. The van der Waals surface area contributed by atoms with Crippen LogP contribution in [0.1, 0.15) is 13.3 Å². The molecule has 0 aromatic carbocycles. The lowest BCUT2D eigenvalue weighted by molar-refractivity contribution is 0.629. The molecule has 0 aromatic heterocycles. The zero-order valence-electron chi connectivity index (χ0n) is 5.85. The molecular weight excluding hydrogens is 114 g/mol. The van der Waals surface area contributed by atoms with E-state index in [4.69, 9.17) is 0 Å². The predicted molar refractivity (Wildman–Crippen MR) is 44.8 cm³/mol. The highest BCUT2D eigenvalue weighted by Crippen LogP contribution is 2.08. The molecule has 0 nitrogen and oxygen atoms in total. The summed E-state index contributed by atoms with van der Waals surface area (Å²) in [5.74, 6) is 0.887. The number of hydrogen-bond donors (Lipinski definition) is 0. The van der Waals surface area contributed by atoms with E-state index in [1.54, 1.807) is 0 Å². The van der Waals surface area contributed by atoms with Gasteiger partial charge in [-0.25, -0.2) is 0 Å². The van der Waals surface area contributed by atoms with Crippen LogP contribution in [0.2, 0.25) is 13.1 Å². The largest absolute Gasteiger partial charge is 0.138 e. The maximum atomic E-state index is 2.76. The summed E-state index contributed by atoms with van der Waals surface area (Å²) in [7, 11) is 5.00. The van der Waals surface area contributed by atoms with Crippen LogP contribution < -0.4 is 0 Å². The summed E-state index contributed by atoms with van der Waals surface area (Å²) in [5.41, 5.74) is 0. The van der Waals surface area contributed by atoms with E-state index in [0.29, 0.717) is 0 Å². The summed E-state index contributed by atoms with van der Waals surface area (Å²) in [4.78, 5) is 0. The number of rotatable bonds is 4. The second-order valence-electron chi connectivity index (χ2n) is 2.33. The average Bonchev–Trinajstić information content (AvgIpc) is 1.68. The van der Waals surface area contributed by atoms with Crippen LogP contribution in [0.25, 0.3) is 0 Å². The first kappa shape index (κ1) is 8.49. The molecule has 0 spiro atoms. The van der Waals surface area contributed by atoms with E-state index < -0.39 is 0 Å². The summed E-state index contributed by atoms with van der Waals surface area (Å²) in [5, 5.41) is 0. The maximum absolute atomic E-state index is 2.76. The van der Waals surface area contributed by atoms with E-state index >= 15 is 0 Å². The maximum Gasteiger partial charge on any atom is 0.106 e. The van der Waals surface area contributed by atoms with Gasteiger partial charge in [-0.05, 0) is 12.6 Å². The SMILES string of the molecule is C[B]C[C@@H](C)CCP. The van der Waals surface area contributed by atoms with Crippen molar-refractivity contribution in [2.24, 2.45) is 5.92 Å². The zero-order valence-corrected chi connectivity index (χ0v) is 7.01. The zero-order chi connectivity index (χ0) is 6.41. The van der Waals surface area contributed by atoms with Crippen molar-refractivity contribution >= 4 is 16.5 Å². The summed E-state index contributed by atoms with van der Waals surface area (Å²) >= 11 is 0. The lowest BCUT2D eigenvalue weighted by atomic mass is 9.72. The topological polar surface area (TPSA) is 0 Å². The Morgan fingerprint density at radius 2 is 2.25 bits per heavy atom. The van der Waals surface area contributed by atoms with Crippen molar-refractivity contribution in [1.82, 2.24) is 0 Å². The van der Waals surface area contributed by atoms with Crippen molar-refractivity contribution < 1.29 is 0 Å². The molecule has 0 fully saturated rings. The molecular formula is C6H15BP. The van der Waals surface area contributed by atoms with Crippen molar-refractivity contribution in [3.8, 4) is 0 Å². The van der Waals surface area contributed by atoms with E-state index in [2.05, 4.69) is 30.3 Å². The third kappa shape index (κ3) is 4.65. The van der Waals surface area contributed by atoms with Crippen molar-refractivity contribution in [2.75, 3.05) is 6.16 Å². The van der Waals surface area contributed by atoms with Crippen LogP contribution in [0.15, 0.2) is 0 Å². The van der Waals surface area contributed by atoms with Crippen LogP contribution in [-0.4, -0.2) is 13.4 Å². The fourth-order valence-electron chi connectivity index (χ4n) is 0.805. The normalized spacial score (nSPS) is 13.4. The average molecular weight is 129 g/mol. The molecule has 0 aliphatic heterocycles. The summed E-state index contributed by atoms with van der Waals surface area (Å²) < 4.78 is 0. The third-order valence-electron chi connectivity index (χ3n) is 1.30. The lowest BCUT2D eigenvalue weighted by Gasteiger charge is -2.05. The van der Waals surface area contributed by atoms with E-state index in [1.807, 2.05) is 0 Å². The van der Waals surface area contributed by atoms with Crippen LogP contribution in [0.4, 0.5) is 0 Å². The fourth-order valence-corrected chi connectivity index (χ4v) is 1.37. The monoisotopic (exact) mass is 129 g/mol. The molecule has 0 aromatic rings. The Morgan fingerprint density at radius 1 is 1.62 bits per heavy atom. The van der Waals surface area contributed by atoms with Crippen LogP contribution in [0.5, 0.6) is 0 Å². The minimum Gasteiger partial charge on any atom is -0.138 e. The Labute approximate surface area is 55.9 Å². The van der Waals surface area contributed by atoms with Crippen LogP contribution in [-0.2, 0) is 0 Å². The van der Waals surface area contributed by atoms with Crippen LogP contribution in [0, 0.1) is 5.92 Å². The minimum absolute atomic E-state index is 0.887. The molecule has 1 radical (unpaired) electrons. The van der Waals surface area contributed by atoms with Gasteiger partial charge in [-0.1, -0.05) is 26.0 Å². The first-order valence-electron chi connectivity index (χ1n) is 3.29. The first-order chi connectivity index (χ1) is 3.81. The second-order valence-corrected chi connectivity index (χ2v) is 2.90. The Kier molecular flexibility index (Phi) is 5.98. The molecule has 2 heteroatoms. The van der Waals surface area contributed by atoms with Crippen molar-refractivity contribution in [3.63, 3.8) is 0 Å². The van der Waals surface area contributed by atoms with Gasteiger partial charge in [-0.15, -0.1) is 9.24 Å². The lowest BCUT2D eigenvalue weighted by Crippen LogP contribution is -1.96. The minimum atomic E-state index is 0.887. The molecule has 0 bridgehead atoms. The molecule has 8 heavy (non-hydrogen) atoms. The Morgan fingerprint density at radius 3 is 2.62 bits per heavy atom. The number of hydrogen-bond acceptors (Lipinski definition) is 0. The van der Waals surface area contributed by atoms with E-state index in [1.165, 1.54) is 18.9 Å². The van der Waals surface area contributed by atoms with E-state index in [9.17, 15) is 0 Å². The fraction of sp³-hybridized carbons (Fsp3) is 1.00. The summed E-state index contributed by atoms with van der Waals surface area (Å²) in [6, 6.07) is 0. The van der Waals surface area contributed by atoms with Crippen molar-refractivity contribution in [3.05, 3.63) is 0 Å². The van der Waals surface area contributed by atoms with Gasteiger partial charge < -0.3 is 0 Å². The molecule has 0 saturated heterocycles. The Hall–Kier alpha value is 0.495. The third-order valence-corrected chi connectivity index (χ3v) is 1.63. The molecule has 0 heterocycles. The van der Waals surface area contributed by atoms with Gasteiger partial charge in [0.2, 0.25) is 0 Å². The molecule has 0 saturated carbocycles. The first-order valence-corrected chi connectivity index (χ1v) is 4.10. The van der Waals surface area contributed by atoms with Crippen molar-refractivity contribution in [1.29, 1.82) is 0 Å². The van der Waals surface area contributed by atoms with Gasteiger partial charge in [0.15, 0.2) is 0 Å². The molecule has 2 atom stereocenters.